The van der Waals surface area contributed by atoms with Crippen molar-refractivity contribution in [3.8, 4) is 0 Å². The van der Waals surface area contributed by atoms with Gasteiger partial charge in [0.1, 0.15) is 12.6 Å². The lowest BCUT2D eigenvalue weighted by Crippen LogP contribution is -2.47. The summed E-state index contributed by atoms with van der Waals surface area (Å²) in [5.41, 5.74) is 0. The van der Waals surface area contributed by atoms with Gasteiger partial charge in [-0.1, -0.05) is 47.0 Å². The summed E-state index contributed by atoms with van der Waals surface area (Å²) >= 11 is 0. The quantitative estimate of drug-likeness (QED) is 0.750. The summed E-state index contributed by atoms with van der Waals surface area (Å²) in [6, 6.07) is -0.839. The highest BCUT2D eigenvalue weighted by Gasteiger charge is 2.27. The minimum absolute atomic E-state index is 0.0208. The van der Waals surface area contributed by atoms with Crippen molar-refractivity contribution in [2.45, 2.75) is 91.1 Å². The fourth-order valence-corrected chi connectivity index (χ4v) is 3.15. The SMILES string of the molecule is CC(C)C[C@H]1COC(=O)[C@H](C(C)C)NC(=O)CCCCCCCC(=O)N1. The number of cyclic esters (lactones) is 1. The molecule has 0 spiro atoms. The Hall–Kier alpha value is -1.59. The van der Waals surface area contributed by atoms with Crippen molar-refractivity contribution in [3.63, 3.8) is 0 Å². The van der Waals surface area contributed by atoms with Crippen LogP contribution in [0.3, 0.4) is 0 Å². The van der Waals surface area contributed by atoms with Crippen molar-refractivity contribution in [2.75, 3.05) is 6.61 Å². The predicted octanol–water partition coefficient (Wildman–Crippen LogP) is 2.95. The molecule has 6 heteroatoms. The number of rotatable bonds is 3. The first-order valence-electron chi connectivity index (χ1n) is 10.0. The second kappa shape index (κ2) is 11.9. The topological polar surface area (TPSA) is 84.5 Å². The average molecular weight is 369 g/mol. The molecule has 1 heterocycles. The summed E-state index contributed by atoms with van der Waals surface area (Å²) < 4.78 is 5.46. The molecule has 1 rings (SSSR count). The van der Waals surface area contributed by atoms with Crippen LogP contribution in [-0.4, -0.2) is 36.5 Å². The van der Waals surface area contributed by atoms with Gasteiger partial charge in [-0.15, -0.1) is 0 Å². The summed E-state index contributed by atoms with van der Waals surface area (Å²) in [5, 5.41) is 5.81. The van der Waals surface area contributed by atoms with Crippen LogP contribution in [0.1, 0.15) is 79.1 Å². The molecule has 1 aliphatic rings. The Morgan fingerprint density at radius 2 is 1.42 bits per heavy atom. The number of nitrogens with one attached hydrogen (secondary N) is 2. The molecule has 2 N–H and O–H groups in total. The van der Waals surface area contributed by atoms with Gasteiger partial charge in [0.15, 0.2) is 0 Å². The summed E-state index contributed by atoms with van der Waals surface area (Å²) in [6.45, 7) is 8.06. The first-order valence-corrected chi connectivity index (χ1v) is 10.0. The molecule has 150 valence electrons. The first kappa shape index (κ1) is 22.5. The van der Waals surface area contributed by atoms with E-state index in [0.717, 1.165) is 38.5 Å². The molecular formula is C20H36N2O4. The number of amides is 2. The lowest BCUT2D eigenvalue weighted by atomic mass is 10.0. The molecule has 1 aliphatic heterocycles. The van der Waals surface area contributed by atoms with E-state index < -0.39 is 12.0 Å². The first-order chi connectivity index (χ1) is 12.3. The molecule has 2 atom stereocenters. The van der Waals surface area contributed by atoms with E-state index in [4.69, 9.17) is 4.74 Å². The van der Waals surface area contributed by atoms with E-state index >= 15 is 0 Å². The zero-order valence-electron chi connectivity index (χ0n) is 16.8. The van der Waals surface area contributed by atoms with Gasteiger partial charge in [-0.3, -0.25) is 9.59 Å². The Kier molecular flexibility index (Phi) is 10.3. The van der Waals surface area contributed by atoms with Gasteiger partial charge in [-0.2, -0.15) is 0 Å². The van der Waals surface area contributed by atoms with Crippen LogP contribution in [0.4, 0.5) is 0 Å². The Morgan fingerprint density at radius 3 is 1.96 bits per heavy atom. The molecule has 0 saturated carbocycles. The van der Waals surface area contributed by atoms with Crippen molar-refractivity contribution >= 4 is 17.8 Å². The zero-order valence-corrected chi connectivity index (χ0v) is 16.8. The lowest BCUT2D eigenvalue weighted by Gasteiger charge is -2.24. The summed E-state index contributed by atoms with van der Waals surface area (Å²) in [7, 11) is 0. The summed E-state index contributed by atoms with van der Waals surface area (Å²) in [6.07, 6.45) is 6.29. The van der Waals surface area contributed by atoms with E-state index in [1.807, 2.05) is 13.8 Å². The van der Waals surface area contributed by atoms with E-state index in [0.29, 0.717) is 18.8 Å². The molecule has 0 aromatic heterocycles. The monoisotopic (exact) mass is 368 g/mol. The van der Waals surface area contributed by atoms with Gasteiger partial charge in [-0.25, -0.2) is 4.79 Å². The highest BCUT2D eigenvalue weighted by Crippen LogP contribution is 2.12. The van der Waals surface area contributed by atoms with Crippen LogP contribution in [0.15, 0.2) is 0 Å². The van der Waals surface area contributed by atoms with Gasteiger partial charge in [0.25, 0.3) is 0 Å². The van der Waals surface area contributed by atoms with Gasteiger partial charge in [0.05, 0.1) is 6.04 Å². The molecule has 6 nitrogen and oxygen atoms in total. The molecule has 0 radical (unpaired) electrons. The maximum atomic E-state index is 12.5. The van der Waals surface area contributed by atoms with Crippen molar-refractivity contribution in [1.82, 2.24) is 10.6 Å². The van der Waals surface area contributed by atoms with Crippen molar-refractivity contribution in [1.29, 1.82) is 0 Å². The van der Waals surface area contributed by atoms with Crippen LogP contribution in [0.25, 0.3) is 0 Å². The van der Waals surface area contributed by atoms with E-state index in [1.165, 1.54) is 0 Å². The standard InChI is InChI=1S/C20H36N2O4/c1-14(2)12-16-13-26-20(25)19(15(3)4)22-18(24)11-9-7-5-6-8-10-17(23)21-16/h14-16,19H,5-13H2,1-4H3,(H,21,23)(H,22,24)/t16-,19-/m0/s1. The maximum Gasteiger partial charge on any atom is 0.328 e. The molecule has 26 heavy (non-hydrogen) atoms. The Balaban J connectivity index is 2.78. The highest BCUT2D eigenvalue weighted by molar-refractivity contribution is 5.84. The third-order valence-electron chi connectivity index (χ3n) is 4.59. The lowest BCUT2D eigenvalue weighted by molar-refractivity contribution is -0.150. The molecule has 0 unspecified atom stereocenters. The van der Waals surface area contributed by atoms with Gasteiger partial charge in [0.2, 0.25) is 11.8 Å². The largest absolute Gasteiger partial charge is 0.462 e. The van der Waals surface area contributed by atoms with Crippen LogP contribution in [0.2, 0.25) is 0 Å². The highest BCUT2D eigenvalue weighted by atomic mass is 16.5. The van der Waals surface area contributed by atoms with Crippen LogP contribution in [-0.2, 0) is 19.1 Å². The third kappa shape index (κ3) is 9.20. The predicted molar refractivity (Wildman–Crippen MR) is 101 cm³/mol. The van der Waals surface area contributed by atoms with E-state index in [2.05, 4.69) is 24.5 Å². The van der Waals surface area contributed by atoms with E-state index in [-0.39, 0.29) is 30.4 Å². The second-order valence-corrected chi connectivity index (χ2v) is 8.08. The van der Waals surface area contributed by atoms with E-state index in [1.54, 1.807) is 0 Å². The minimum Gasteiger partial charge on any atom is -0.462 e. The van der Waals surface area contributed by atoms with Gasteiger partial charge >= 0.3 is 5.97 Å². The molecular weight excluding hydrogens is 332 g/mol. The van der Waals surface area contributed by atoms with Gasteiger partial charge in [0, 0.05) is 12.8 Å². The Morgan fingerprint density at radius 1 is 0.885 bits per heavy atom. The van der Waals surface area contributed by atoms with Crippen LogP contribution < -0.4 is 10.6 Å². The molecule has 1 saturated heterocycles. The normalized spacial score (nSPS) is 24.9. The Bertz CT molecular complexity index is 463. The maximum absolute atomic E-state index is 12.5. The fraction of sp³-hybridized carbons (Fsp3) is 0.850. The van der Waals surface area contributed by atoms with Gasteiger partial charge in [-0.05, 0) is 31.1 Å². The molecule has 0 aromatic rings. The van der Waals surface area contributed by atoms with Crippen molar-refractivity contribution in [2.24, 2.45) is 11.8 Å². The zero-order chi connectivity index (χ0) is 19.5. The Labute approximate surface area is 157 Å². The molecule has 2 amide bonds. The molecule has 1 fully saturated rings. The smallest absolute Gasteiger partial charge is 0.328 e. The minimum atomic E-state index is -0.647. The van der Waals surface area contributed by atoms with Crippen molar-refractivity contribution < 1.29 is 19.1 Å². The molecule has 0 aliphatic carbocycles. The van der Waals surface area contributed by atoms with Crippen molar-refractivity contribution in [3.05, 3.63) is 0 Å². The average Bonchev–Trinajstić information content (AvgIpc) is 2.54. The number of esters is 1. The van der Waals surface area contributed by atoms with E-state index in [9.17, 15) is 14.4 Å². The van der Waals surface area contributed by atoms with Crippen LogP contribution >= 0.6 is 0 Å². The number of carbonyl (C=O) groups excluding carboxylic acids is 3. The number of hydrogen-bond acceptors (Lipinski definition) is 4. The molecule has 0 bridgehead atoms. The second-order valence-electron chi connectivity index (χ2n) is 8.08. The third-order valence-corrected chi connectivity index (χ3v) is 4.59. The number of hydrogen-bond donors (Lipinski definition) is 2. The fourth-order valence-electron chi connectivity index (χ4n) is 3.15. The number of carbonyl (C=O) groups is 3. The summed E-state index contributed by atoms with van der Waals surface area (Å²) in [4.78, 5) is 36.7. The molecule has 0 aromatic carbocycles. The number of ether oxygens (including phenoxy) is 1. The van der Waals surface area contributed by atoms with Crippen LogP contribution in [0.5, 0.6) is 0 Å². The van der Waals surface area contributed by atoms with Crippen LogP contribution in [0, 0.1) is 11.8 Å². The summed E-state index contributed by atoms with van der Waals surface area (Å²) in [5.74, 6) is -0.176. The van der Waals surface area contributed by atoms with Gasteiger partial charge < -0.3 is 15.4 Å².